The number of rotatable bonds is 1. The van der Waals surface area contributed by atoms with E-state index in [-0.39, 0.29) is 17.6 Å². The van der Waals surface area contributed by atoms with Gasteiger partial charge in [0.15, 0.2) is 0 Å². The van der Waals surface area contributed by atoms with Gasteiger partial charge in [0.2, 0.25) is 0 Å². The molecule has 3 heteroatoms. The maximum atomic E-state index is 15.1. The van der Waals surface area contributed by atoms with E-state index in [1.54, 1.807) is 0 Å². The van der Waals surface area contributed by atoms with E-state index in [9.17, 15) is 0 Å². The maximum absolute atomic E-state index is 15.1. The van der Waals surface area contributed by atoms with Crippen molar-refractivity contribution in [3.8, 4) is 0 Å². The fourth-order valence-electron chi connectivity index (χ4n) is 4.45. The van der Waals surface area contributed by atoms with Crippen LogP contribution in [0, 0.1) is 5.92 Å². The van der Waals surface area contributed by atoms with Crippen LogP contribution in [0.2, 0.25) is 0 Å². The Morgan fingerprint density at radius 1 is 1.00 bits per heavy atom. The van der Waals surface area contributed by atoms with E-state index in [0.29, 0.717) is 12.8 Å². The minimum atomic E-state index is -0.992. The highest BCUT2D eigenvalue weighted by Crippen LogP contribution is 2.49. The lowest BCUT2D eigenvalue weighted by Gasteiger charge is -2.46. The Labute approximate surface area is 109 Å². The zero-order valence-electron chi connectivity index (χ0n) is 11.3. The quantitative estimate of drug-likeness (QED) is 0.780. The molecule has 1 spiro atoms. The SMILES string of the molecule is NC1CCC(F)(C2CCOC3(CCCCC3)C2)C1. The molecular weight excluding hydrogens is 229 g/mol. The van der Waals surface area contributed by atoms with Crippen molar-refractivity contribution >= 4 is 0 Å². The summed E-state index contributed by atoms with van der Waals surface area (Å²) in [7, 11) is 0. The van der Waals surface area contributed by atoms with Crippen molar-refractivity contribution in [2.75, 3.05) is 6.61 Å². The first-order valence-electron chi connectivity index (χ1n) is 7.70. The molecule has 0 aromatic rings. The molecule has 0 radical (unpaired) electrons. The second kappa shape index (κ2) is 4.75. The molecule has 3 atom stereocenters. The molecule has 3 rings (SSSR count). The Bertz CT molecular complexity index is 297. The summed E-state index contributed by atoms with van der Waals surface area (Å²) in [5, 5.41) is 0. The molecule has 1 aliphatic heterocycles. The molecule has 0 aromatic carbocycles. The molecule has 18 heavy (non-hydrogen) atoms. The topological polar surface area (TPSA) is 35.2 Å². The van der Waals surface area contributed by atoms with Crippen LogP contribution in [0.3, 0.4) is 0 Å². The Kier molecular flexibility index (Phi) is 3.39. The minimum absolute atomic E-state index is 0.0208. The summed E-state index contributed by atoms with van der Waals surface area (Å²) in [5.74, 6) is 0.192. The van der Waals surface area contributed by atoms with E-state index >= 15 is 4.39 Å². The van der Waals surface area contributed by atoms with Crippen molar-refractivity contribution in [2.24, 2.45) is 11.7 Å². The van der Waals surface area contributed by atoms with E-state index < -0.39 is 5.67 Å². The fraction of sp³-hybridized carbons (Fsp3) is 1.00. The predicted molar refractivity (Wildman–Crippen MR) is 70.2 cm³/mol. The standard InChI is InChI=1S/C15H26FNO/c16-15(8-4-13(17)11-15)12-5-9-18-14(10-12)6-2-1-3-7-14/h12-13H,1-11,17H2. The summed E-state index contributed by atoms with van der Waals surface area (Å²) < 4.78 is 21.1. The molecule has 3 unspecified atom stereocenters. The predicted octanol–water partition coefficient (Wildman–Crippen LogP) is 3.34. The molecule has 0 aromatic heterocycles. The minimum Gasteiger partial charge on any atom is -0.375 e. The van der Waals surface area contributed by atoms with Crippen LogP contribution in [0.1, 0.15) is 64.2 Å². The highest BCUT2D eigenvalue weighted by Gasteiger charge is 2.50. The van der Waals surface area contributed by atoms with Gasteiger partial charge in [0, 0.05) is 12.6 Å². The average Bonchev–Trinajstić information content (AvgIpc) is 2.72. The van der Waals surface area contributed by atoms with Gasteiger partial charge in [-0.25, -0.2) is 4.39 Å². The summed E-state index contributed by atoms with van der Waals surface area (Å²) in [6, 6.07) is 0.0835. The molecule has 2 saturated carbocycles. The number of alkyl halides is 1. The lowest BCUT2D eigenvalue weighted by molar-refractivity contribution is -0.140. The summed E-state index contributed by atoms with van der Waals surface area (Å²) in [4.78, 5) is 0. The van der Waals surface area contributed by atoms with Gasteiger partial charge in [0.05, 0.1) is 5.60 Å². The van der Waals surface area contributed by atoms with Crippen molar-refractivity contribution in [1.82, 2.24) is 0 Å². The van der Waals surface area contributed by atoms with Crippen molar-refractivity contribution in [3.63, 3.8) is 0 Å². The molecule has 2 aliphatic carbocycles. The van der Waals surface area contributed by atoms with Gasteiger partial charge in [-0.15, -0.1) is 0 Å². The van der Waals surface area contributed by atoms with E-state index in [1.807, 2.05) is 0 Å². The van der Waals surface area contributed by atoms with Gasteiger partial charge in [-0.2, -0.15) is 0 Å². The molecule has 0 bridgehead atoms. The van der Waals surface area contributed by atoms with Crippen LogP contribution in [0.15, 0.2) is 0 Å². The Morgan fingerprint density at radius 2 is 1.78 bits per heavy atom. The maximum Gasteiger partial charge on any atom is 0.115 e. The monoisotopic (exact) mass is 255 g/mol. The Hall–Kier alpha value is -0.150. The van der Waals surface area contributed by atoms with Crippen LogP contribution < -0.4 is 5.73 Å². The molecule has 104 valence electrons. The van der Waals surface area contributed by atoms with E-state index in [4.69, 9.17) is 10.5 Å². The number of halogens is 1. The van der Waals surface area contributed by atoms with E-state index in [1.165, 1.54) is 19.3 Å². The number of nitrogens with two attached hydrogens (primary N) is 1. The number of ether oxygens (including phenoxy) is 1. The zero-order chi connectivity index (χ0) is 12.6. The van der Waals surface area contributed by atoms with Crippen molar-refractivity contribution < 1.29 is 9.13 Å². The molecule has 2 nitrogen and oxygen atoms in total. The summed E-state index contributed by atoms with van der Waals surface area (Å²) in [5.41, 5.74) is 4.94. The van der Waals surface area contributed by atoms with Gasteiger partial charge < -0.3 is 10.5 Å². The Balaban J connectivity index is 1.70. The molecule has 1 heterocycles. The second-order valence-electron chi connectivity index (χ2n) is 6.82. The molecule has 3 fully saturated rings. The van der Waals surface area contributed by atoms with Gasteiger partial charge >= 0.3 is 0 Å². The third-order valence-corrected chi connectivity index (χ3v) is 5.52. The van der Waals surface area contributed by atoms with Gasteiger partial charge in [0.25, 0.3) is 0 Å². The first kappa shape index (κ1) is 12.9. The van der Waals surface area contributed by atoms with Gasteiger partial charge in [-0.3, -0.25) is 0 Å². The van der Waals surface area contributed by atoms with Crippen LogP contribution in [0.5, 0.6) is 0 Å². The zero-order valence-corrected chi connectivity index (χ0v) is 11.3. The second-order valence-corrected chi connectivity index (χ2v) is 6.82. The van der Waals surface area contributed by atoms with Crippen LogP contribution in [-0.4, -0.2) is 23.9 Å². The Morgan fingerprint density at radius 3 is 2.44 bits per heavy atom. The largest absolute Gasteiger partial charge is 0.375 e. The van der Waals surface area contributed by atoms with Crippen LogP contribution >= 0.6 is 0 Å². The first-order chi connectivity index (χ1) is 8.62. The molecule has 2 N–H and O–H groups in total. The van der Waals surface area contributed by atoms with Crippen LogP contribution in [0.25, 0.3) is 0 Å². The lowest BCUT2D eigenvalue weighted by atomic mass is 9.71. The van der Waals surface area contributed by atoms with Gasteiger partial charge in [0.1, 0.15) is 5.67 Å². The first-order valence-corrected chi connectivity index (χ1v) is 7.70. The highest BCUT2D eigenvalue weighted by atomic mass is 19.1. The number of hydrogen-bond donors (Lipinski definition) is 1. The van der Waals surface area contributed by atoms with Crippen molar-refractivity contribution in [1.29, 1.82) is 0 Å². The highest BCUT2D eigenvalue weighted by molar-refractivity contribution is 5.01. The molecule has 0 amide bonds. The summed E-state index contributed by atoms with van der Waals surface area (Å²) in [6.45, 7) is 0.756. The smallest absolute Gasteiger partial charge is 0.115 e. The van der Waals surface area contributed by atoms with E-state index in [2.05, 4.69) is 0 Å². The van der Waals surface area contributed by atoms with Crippen LogP contribution in [-0.2, 0) is 4.74 Å². The third kappa shape index (κ3) is 2.32. The van der Waals surface area contributed by atoms with Gasteiger partial charge in [-0.1, -0.05) is 19.3 Å². The van der Waals surface area contributed by atoms with E-state index in [0.717, 1.165) is 38.7 Å². The summed E-state index contributed by atoms with van der Waals surface area (Å²) in [6.07, 6.45) is 10.1. The third-order valence-electron chi connectivity index (χ3n) is 5.52. The van der Waals surface area contributed by atoms with Crippen molar-refractivity contribution in [2.45, 2.75) is 81.5 Å². The average molecular weight is 255 g/mol. The molecular formula is C15H26FNO. The number of hydrogen-bond acceptors (Lipinski definition) is 2. The van der Waals surface area contributed by atoms with Crippen LogP contribution in [0.4, 0.5) is 4.39 Å². The normalized spacial score (nSPS) is 44.3. The van der Waals surface area contributed by atoms with Gasteiger partial charge in [-0.05, 0) is 50.9 Å². The van der Waals surface area contributed by atoms with Crippen molar-refractivity contribution in [3.05, 3.63) is 0 Å². The lowest BCUT2D eigenvalue weighted by Crippen LogP contribution is -2.47. The molecule has 3 aliphatic rings. The molecule has 1 saturated heterocycles. The fourth-order valence-corrected chi connectivity index (χ4v) is 4.45. The summed E-state index contributed by atoms with van der Waals surface area (Å²) >= 11 is 0.